The lowest BCUT2D eigenvalue weighted by atomic mass is 10.0. The van der Waals surface area contributed by atoms with E-state index in [1.165, 1.54) is 9.80 Å². The van der Waals surface area contributed by atoms with Crippen LogP contribution in [0.15, 0.2) is 12.7 Å². The standard InChI is InChI=1S/C12H20N2O4/c1-2-6-13(8-9-15)12(18)14-7-4-3-5-10(14)11(16)17/h2,10,15H,1,3-9H2,(H,16,17). The smallest absolute Gasteiger partial charge is 0.326 e. The summed E-state index contributed by atoms with van der Waals surface area (Å²) in [5.74, 6) is -0.967. The van der Waals surface area contributed by atoms with Crippen molar-refractivity contribution in [3.05, 3.63) is 12.7 Å². The molecule has 0 radical (unpaired) electrons. The lowest BCUT2D eigenvalue weighted by Gasteiger charge is -2.36. The fourth-order valence-electron chi connectivity index (χ4n) is 2.14. The van der Waals surface area contributed by atoms with Crippen molar-refractivity contribution in [3.8, 4) is 0 Å². The van der Waals surface area contributed by atoms with E-state index < -0.39 is 12.0 Å². The molecule has 2 N–H and O–H groups in total. The number of rotatable bonds is 5. The normalized spacial score (nSPS) is 19.4. The number of amides is 2. The van der Waals surface area contributed by atoms with Gasteiger partial charge in [-0.05, 0) is 19.3 Å². The minimum absolute atomic E-state index is 0.148. The highest BCUT2D eigenvalue weighted by Crippen LogP contribution is 2.19. The van der Waals surface area contributed by atoms with Crippen LogP contribution in [-0.4, -0.2) is 64.3 Å². The van der Waals surface area contributed by atoms with Crippen LogP contribution in [-0.2, 0) is 4.79 Å². The van der Waals surface area contributed by atoms with E-state index in [1.54, 1.807) is 6.08 Å². The van der Waals surface area contributed by atoms with Crippen LogP contribution in [0.25, 0.3) is 0 Å². The molecule has 1 aliphatic rings. The van der Waals surface area contributed by atoms with E-state index >= 15 is 0 Å². The number of carboxylic acids is 1. The lowest BCUT2D eigenvalue weighted by molar-refractivity contribution is -0.143. The molecule has 1 rings (SSSR count). The molecular formula is C12H20N2O4. The molecule has 0 spiro atoms. The summed E-state index contributed by atoms with van der Waals surface area (Å²) in [6, 6.07) is -1.09. The zero-order valence-corrected chi connectivity index (χ0v) is 10.4. The van der Waals surface area contributed by atoms with E-state index in [-0.39, 0.29) is 19.2 Å². The molecular weight excluding hydrogens is 236 g/mol. The number of carboxylic acid groups (broad SMARTS) is 1. The summed E-state index contributed by atoms with van der Waals surface area (Å²) in [4.78, 5) is 26.1. The van der Waals surface area contributed by atoms with Crippen LogP contribution >= 0.6 is 0 Å². The van der Waals surface area contributed by atoms with Gasteiger partial charge in [0.15, 0.2) is 0 Å². The summed E-state index contributed by atoms with van der Waals surface area (Å²) in [5, 5.41) is 18.0. The van der Waals surface area contributed by atoms with E-state index in [0.717, 1.165) is 12.8 Å². The number of hydrogen-bond acceptors (Lipinski definition) is 3. The highest BCUT2D eigenvalue weighted by molar-refractivity contribution is 5.83. The number of carbonyl (C=O) groups excluding carboxylic acids is 1. The van der Waals surface area contributed by atoms with Gasteiger partial charge in [-0.25, -0.2) is 9.59 Å². The van der Waals surface area contributed by atoms with E-state index in [2.05, 4.69) is 6.58 Å². The first kappa shape index (κ1) is 14.5. The van der Waals surface area contributed by atoms with Crippen LogP contribution in [0.3, 0.4) is 0 Å². The molecule has 0 aromatic carbocycles. The maximum Gasteiger partial charge on any atom is 0.326 e. The average molecular weight is 256 g/mol. The molecule has 6 nitrogen and oxygen atoms in total. The topological polar surface area (TPSA) is 81.1 Å². The van der Waals surface area contributed by atoms with Gasteiger partial charge >= 0.3 is 12.0 Å². The second kappa shape index (κ2) is 7.00. The molecule has 6 heteroatoms. The number of hydrogen-bond donors (Lipinski definition) is 2. The number of aliphatic hydroxyl groups excluding tert-OH is 1. The molecule has 1 fully saturated rings. The van der Waals surface area contributed by atoms with E-state index in [4.69, 9.17) is 10.2 Å². The Morgan fingerprint density at radius 3 is 2.72 bits per heavy atom. The third-order valence-electron chi connectivity index (χ3n) is 3.02. The Kier molecular flexibility index (Phi) is 5.64. The fourth-order valence-corrected chi connectivity index (χ4v) is 2.14. The third kappa shape index (κ3) is 3.46. The van der Waals surface area contributed by atoms with Crippen molar-refractivity contribution in [2.45, 2.75) is 25.3 Å². The van der Waals surface area contributed by atoms with Gasteiger partial charge in [-0.1, -0.05) is 6.08 Å². The third-order valence-corrected chi connectivity index (χ3v) is 3.02. The molecule has 1 unspecified atom stereocenters. The Bertz CT molecular complexity index is 319. The monoisotopic (exact) mass is 256 g/mol. The van der Waals surface area contributed by atoms with Crippen molar-refractivity contribution in [3.63, 3.8) is 0 Å². The molecule has 102 valence electrons. The van der Waals surface area contributed by atoms with Gasteiger partial charge in [-0.15, -0.1) is 6.58 Å². The molecule has 0 aromatic rings. The minimum atomic E-state index is -0.967. The highest BCUT2D eigenvalue weighted by Gasteiger charge is 2.33. The SMILES string of the molecule is C=CCN(CCO)C(=O)N1CCCCC1C(=O)O. The van der Waals surface area contributed by atoms with Gasteiger partial charge in [-0.2, -0.15) is 0 Å². The number of carbonyl (C=O) groups is 2. The van der Waals surface area contributed by atoms with E-state index in [0.29, 0.717) is 19.5 Å². The maximum absolute atomic E-state index is 12.2. The van der Waals surface area contributed by atoms with Gasteiger partial charge in [0.25, 0.3) is 0 Å². The molecule has 0 aliphatic carbocycles. The molecule has 0 saturated carbocycles. The first-order valence-corrected chi connectivity index (χ1v) is 6.12. The highest BCUT2D eigenvalue weighted by atomic mass is 16.4. The summed E-state index contributed by atoms with van der Waals surface area (Å²) in [5.41, 5.74) is 0. The lowest BCUT2D eigenvalue weighted by Crippen LogP contribution is -2.53. The van der Waals surface area contributed by atoms with Gasteiger partial charge in [0, 0.05) is 19.6 Å². The van der Waals surface area contributed by atoms with Crippen LogP contribution in [0.2, 0.25) is 0 Å². The molecule has 18 heavy (non-hydrogen) atoms. The predicted octanol–water partition coefficient (Wildman–Crippen LogP) is 0.526. The quantitative estimate of drug-likeness (QED) is 0.703. The number of nitrogens with zero attached hydrogens (tertiary/aromatic N) is 2. The average Bonchev–Trinajstić information content (AvgIpc) is 2.37. The van der Waals surface area contributed by atoms with Crippen molar-refractivity contribution < 1.29 is 19.8 Å². The summed E-state index contributed by atoms with van der Waals surface area (Å²) in [7, 11) is 0. The second-order valence-corrected chi connectivity index (χ2v) is 4.28. The largest absolute Gasteiger partial charge is 0.480 e. The van der Waals surface area contributed by atoms with E-state index in [1.807, 2.05) is 0 Å². The van der Waals surface area contributed by atoms with Gasteiger partial charge < -0.3 is 20.0 Å². The van der Waals surface area contributed by atoms with E-state index in [9.17, 15) is 9.59 Å². The number of piperidine rings is 1. The number of aliphatic hydroxyl groups is 1. The second-order valence-electron chi connectivity index (χ2n) is 4.28. The van der Waals surface area contributed by atoms with Crippen LogP contribution in [0.4, 0.5) is 4.79 Å². The first-order chi connectivity index (χ1) is 8.61. The van der Waals surface area contributed by atoms with Crippen LogP contribution in [0, 0.1) is 0 Å². The first-order valence-electron chi connectivity index (χ1n) is 6.12. The summed E-state index contributed by atoms with van der Waals surface area (Å²) < 4.78 is 0. The van der Waals surface area contributed by atoms with Crippen molar-refractivity contribution in [1.29, 1.82) is 0 Å². The van der Waals surface area contributed by atoms with Gasteiger partial charge in [0.05, 0.1) is 6.61 Å². The minimum Gasteiger partial charge on any atom is -0.480 e. The Balaban J connectivity index is 2.76. The van der Waals surface area contributed by atoms with Crippen molar-refractivity contribution in [2.75, 3.05) is 26.2 Å². The van der Waals surface area contributed by atoms with Gasteiger partial charge in [0.1, 0.15) is 6.04 Å². The molecule has 1 heterocycles. The number of urea groups is 1. The summed E-state index contributed by atoms with van der Waals surface area (Å²) in [6.07, 6.45) is 3.69. The Hall–Kier alpha value is -1.56. The zero-order chi connectivity index (χ0) is 13.5. The van der Waals surface area contributed by atoms with Crippen LogP contribution < -0.4 is 0 Å². The molecule has 0 bridgehead atoms. The van der Waals surface area contributed by atoms with Crippen molar-refractivity contribution in [2.24, 2.45) is 0 Å². The number of likely N-dealkylation sites (tertiary alicyclic amines) is 1. The maximum atomic E-state index is 12.2. The molecule has 1 aliphatic heterocycles. The Morgan fingerprint density at radius 2 is 2.17 bits per heavy atom. The zero-order valence-electron chi connectivity index (χ0n) is 10.4. The summed E-state index contributed by atoms with van der Waals surface area (Å²) in [6.45, 7) is 4.36. The Labute approximate surface area is 106 Å². The Morgan fingerprint density at radius 1 is 1.44 bits per heavy atom. The fraction of sp³-hybridized carbons (Fsp3) is 0.667. The van der Waals surface area contributed by atoms with Gasteiger partial charge in [0.2, 0.25) is 0 Å². The van der Waals surface area contributed by atoms with Crippen LogP contribution in [0.5, 0.6) is 0 Å². The van der Waals surface area contributed by atoms with Crippen LogP contribution in [0.1, 0.15) is 19.3 Å². The van der Waals surface area contributed by atoms with Crippen molar-refractivity contribution >= 4 is 12.0 Å². The van der Waals surface area contributed by atoms with Gasteiger partial charge in [-0.3, -0.25) is 0 Å². The van der Waals surface area contributed by atoms with Crippen molar-refractivity contribution in [1.82, 2.24) is 9.80 Å². The summed E-state index contributed by atoms with van der Waals surface area (Å²) >= 11 is 0. The molecule has 0 aromatic heterocycles. The molecule has 1 atom stereocenters. The molecule has 1 saturated heterocycles. The number of aliphatic carboxylic acids is 1. The molecule has 2 amide bonds. The predicted molar refractivity (Wildman–Crippen MR) is 66.2 cm³/mol.